The molecule has 100 valence electrons. The van der Waals surface area contributed by atoms with Crippen LogP contribution in [0.25, 0.3) is 0 Å². The Hall–Kier alpha value is -0.870. The smallest absolute Gasteiger partial charge is 0.307 e. The number of benzene rings is 1. The van der Waals surface area contributed by atoms with Crippen LogP contribution in [0.5, 0.6) is 0 Å². The maximum absolute atomic E-state index is 10.7. The highest BCUT2D eigenvalue weighted by molar-refractivity contribution is 9.10. The van der Waals surface area contributed by atoms with Crippen LogP contribution in [0, 0.1) is 5.92 Å². The van der Waals surface area contributed by atoms with Gasteiger partial charge in [0.2, 0.25) is 0 Å². The van der Waals surface area contributed by atoms with E-state index in [-0.39, 0.29) is 11.3 Å². The van der Waals surface area contributed by atoms with E-state index >= 15 is 0 Å². The van der Waals surface area contributed by atoms with Gasteiger partial charge < -0.3 is 10.4 Å². The van der Waals surface area contributed by atoms with E-state index in [1.165, 1.54) is 5.56 Å². The largest absolute Gasteiger partial charge is 0.481 e. The standard InChI is InChI=1S/C14H20BrNO2/c1-10(13(17)18)8-16-9-14(2,3)11-4-6-12(15)7-5-11/h4-7,10,16H,8-9H2,1-3H3,(H,17,18). The van der Waals surface area contributed by atoms with Gasteiger partial charge in [0.05, 0.1) is 5.92 Å². The van der Waals surface area contributed by atoms with Crippen LogP contribution in [0.1, 0.15) is 26.3 Å². The molecule has 0 heterocycles. The molecule has 1 aromatic carbocycles. The number of aliphatic carboxylic acids is 1. The monoisotopic (exact) mass is 313 g/mol. The summed E-state index contributed by atoms with van der Waals surface area (Å²) in [6.45, 7) is 7.26. The number of halogens is 1. The number of rotatable bonds is 6. The van der Waals surface area contributed by atoms with Crippen LogP contribution in [-0.4, -0.2) is 24.2 Å². The Morgan fingerprint density at radius 1 is 1.39 bits per heavy atom. The lowest BCUT2D eigenvalue weighted by molar-refractivity contribution is -0.140. The predicted octanol–water partition coefficient (Wildman–Crippen LogP) is 3.04. The minimum atomic E-state index is -0.760. The van der Waals surface area contributed by atoms with Gasteiger partial charge in [0.25, 0.3) is 0 Å². The van der Waals surface area contributed by atoms with Crippen molar-refractivity contribution in [1.82, 2.24) is 5.32 Å². The van der Waals surface area contributed by atoms with Crippen molar-refractivity contribution >= 4 is 21.9 Å². The molecule has 0 aliphatic rings. The maximum Gasteiger partial charge on any atom is 0.307 e. The molecule has 0 bridgehead atoms. The summed E-state index contributed by atoms with van der Waals surface area (Å²) < 4.78 is 1.06. The van der Waals surface area contributed by atoms with E-state index in [0.717, 1.165) is 11.0 Å². The first-order valence-electron chi connectivity index (χ1n) is 6.02. The first-order chi connectivity index (χ1) is 8.33. The average Bonchev–Trinajstić information content (AvgIpc) is 2.29. The van der Waals surface area contributed by atoms with Gasteiger partial charge in [-0.3, -0.25) is 4.79 Å². The molecule has 0 spiro atoms. The molecule has 1 unspecified atom stereocenters. The topological polar surface area (TPSA) is 49.3 Å². The SMILES string of the molecule is CC(CNCC(C)(C)c1ccc(Br)cc1)C(=O)O. The predicted molar refractivity (Wildman–Crippen MR) is 76.8 cm³/mol. The zero-order valence-corrected chi connectivity index (χ0v) is 12.6. The Labute approximate surface area is 117 Å². The lowest BCUT2D eigenvalue weighted by atomic mass is 9.84. The average molecular weight is 314 g/mol. The van der Waals surface area contributed by atoms with Gasteiger partial charge in [-0.1, -0.05) is 48.8 Å². The van der Waals surface area contributed by atoms with Gasteiger partial charge in [0.1, 0.15) is 0 Å². The summed E-state index contributed by atoms with van der Waals surface area (Å²) in [6, 6.07) is 8.23. The highest BCUT2D eigenvalue weighted by Gasteiger charge is 2.21. The summed E-state index contributed by atoms with van der Waals surface area (Å²) >= 11 is 3.42. The Morgan fingerprint density at radius 3 is 2.44 bits per heavy atom. The Bertz CT molecular complexity index is 401. The fourth-order valence-corrected chi connectivity index (χ4v) is 1.96. The van der Waals surface area contributed by atoms with Crippen LogP contribution in [-0.2, 0) is 10.2 Å². The molecule has 0 fully saturated rings. The summed E-state index contributed by atoms with van der Waals surface area (Å²) in [6.07, 6.45) is 0. The van der Waals surface area contributed by atoms with E-state index in [1.807, 2.05) is 12.1 Å². The second kappa shape index (κ2) is 6.34. The van der Waals surface area contributed by atoms with Crippen molar-refractivity contribution in [3.63, 3.8) is 0 Å². The summed E-state index contributed by atoms with van der Waals surface area (Å²) in [4.78, 5) is 10.7. The van der Waals surface area contributed by atoms with Crippen LogP contribution in [0.15, 0.2) is 28.7 Å². The molecule has 1 atom stereocenters. The molecule has 0 aliphatic carbocycles. The molecule has 3 nitrogen and oxygen atoms in total. The molecular weight excluding hydrogens is 294 g/mol. The molecule has 18 heavy (non-hydrogen) atoms. The maximum atomic E-state index is 10.7. The van der Waals surface area contributed by atoms with Crippen LogP contribution >= 0.6 is 15.9 Å². The highest BCUT2D eigenvalue weighted by Crippen LogP contribution is 2.24. The summed E-state index contributed by atoms with van der Waals surface area (Å²) in [5.41, 5.74) is 1.22. The molecule has 4 heteroatoms. The molecule has 0 amide bonds. The zero-order valence-electron chi connectivity index (χ0n) is 11.0. The van der Waals surface area contributed by atoms with Crippen LogP contribution in [0.4, 0.5) is 0 Å². The van der Waals surface area contributed by atoms with Gasteiger partial charge in [0, 0.05) is 23.0 Å². The van der Waals surface area contributed by atoms with Crippen LogP contribution in [0.2, 0.25) is 0 Å². The molecule has 1 aromatic rings. The van der Waals surface area contributed by atoms with Crippen molar-refractivity contribution in [3.8, 4) is 0 Å². The fourth-order valence-electron chi connectivity index (χ4n) is 1.69. The number of carboxylic acid groups (broad SMARTS) is 1. The van der Waals surface area contributed by atoms with Crippen molar-refractivity contribution in [2.45, 2.75) is 26.2 Å². The minimum absolute atomic E-state index is 0.0150. The number of nitrogens with one attached hydrogen (secondary N) is 1. The van der Waals surface area contributed by atoms with Gasteiger partial charge in [-0.25, -0.2) is 0 Å². The normalized spacial score (nSPS) is 13.3. The molecule has 0 saturated heterocycles. The van der Waals surface area contributed by atoms with E-state index in [9.17, 15) is 4.79 Å². The van der Waals surface area contributed by atoms with Crippen molar-refractivity contribution in [1.29, 1.82) is 0 Å². The van der Waals surface area contributed by atoms with E-state index in [2.05, 4.69) is 47.2 Å². The summed E-state index contributed by atoms with van der Waals surface area (Å²) in [5, 5.41) is 12.0. The molecule has 1 rings (SSSR count). The summed E-state index contributed by atoms with van der Waals surface area (Å²) in [7, 11) is 0. The Balaban J connectivity index is 2.54. The molecule has 2 N–H and O–H groups in total. The van der Waals surface area contributed by atoms with E-state index < -0.39 is 5.97 Å². The highest BCUT2D eigenvalue weighted by atomic mass is 79.9. The molecule has 0 saturated carbocycles. The lowest BCUT2D eigenvalue weighted by Crippen LogP contribution is -2.36. The van der Waals surface area contributed by atoms with E-state index in [4.69, 9.17) is 5.11 Å². The van der Waals surface area contributed by atoms with Gasteiger partial charge in [-0.05, 0) is 17.7 Å². The first-order valence-corrected chi connectivity index (χ1v) is 6.82. The van der Waals surface area contributed by atoms with Crippen LogP contribution < -0.4 is 5.32 Å². The van der Waals surface area contributed by atoms with Gasteiger partial charge in [-0.15, -0.1) is 0 Å². The van der Waals surface area contributed by atoms with Crippen molar-refractivity contribution in [2.75, 3.05) is 13.1 Å². The second-order valence-electron chi connectivity index (χ2n) is 5.26. The fraction of sp³-hybridized carbons (Fsp3) is 0.500. The van der Waals surface area contributed by atoms with Crippen molar-refractivity contribution in [2.24, 2.45) is 5.92 Å². The van der Waals surface area contributed by atoms with Crippen molar-refractivity contribution in [3.05, 3.63) is 34.3 Å². The minimum Gasteiger partial charge on any atom is -0.481 e. The Kier molecular flexibility index (Phi) is 5.35. The van der Waals surface area contributed by atoms with Gasteiger partial charge >= 0.3 is 5.97 Å². The number of carboxylic acids is 1. The first kappa shape index (κ1) is 15.2. The number of hydrogen-bond donors (Lipinski definition) is 2. The molecule has 0 aliphatic heterocycles. The second-order valence-corrected chi connectivity index (χ2v) is 6.18. The van der Waals surface area contributed by atoms with Gasteiger partial charge in [0.15, 0.2) is 0 Å². The summed E-state index contributed by atoms with van der Waals surface area (Å²) in [5.74, 6) is -1.12. The number of carbonyl (C=O) groups is 1. The zero-order chi connectivity index (χ0) is 13.8. The third-order valence-corrected chi connectivity index (χ3v) is 3.59. The van der Waals surface area contributed by atoms with Crippen LogP contribution in [0.3, 0.4) is 0 Å². The number of hydrogen-bond acceptors (Lipinski definition) is 2. The van der Waals surface area contributed by atoms with E-state index in [1.54, 1.807) is 6.92 Å². The third-order valence-electron chi connectivity index (χ3n) is 3.06. The van der Waals surface area contributed by atoms with E-state index in [0.29, 0.717) is 6.54 Å². The Morgan fingerprint density at radius 2 is 1.94 bits per heavy atom. The molecule has 0 radical (unpaired) electrons. The third kappa shape index (κ3) is 4.42. The lowest BCUT2D eigenvalue weighted by Gasteiger charge is -2.26. The molecule has 0 aromatic heterocycles. The quantitative estimate of drug-likeness (QED) is 0.848. The van der Waals surface area contributed by atoms with Gasteiger partial charge in [-0.2, -0.15) is 0 Å². The van der Waals surface area contributed by atoms with Crippen molar-refractivity contribution < 1.29 is 9.90 Å². The molecular formula is C14H20BrNO2.